The number of nitrogens with one attached hydrogen (secondary N) is 1. The summed E-state index contributed by atoms with van der Waals surface area (Å²) in [6.07, 6.45) is 0.508. The molecule has 0 aromatic heterocycles. The van der Waals surface area contributed by atoms with Crippen LogP contribution in [0.3, 0.4) is 0 Å². The third-order valence-electron chi connectivity index (χ3n) is 3.59. The lowest BCUT2D eigenvalue weighted by atomic mass is 10.1. The van der Waals surface area contributed by atoms with Crippen molar-refractivity contribution in [2.24, 2.45) is 0 Å². The maximum absolute atomic E-state index is 12.8. The van der Waals surface area contributed by atoms with E-state index in [0.717, 1.165) is 0 Å². The highest BCUT2D eigenvalue weighted by Gasteiger charge is 2.31. The van der Waals surface area contributed by atoms with Gasteiger partial charge in [0, 0.05) is 37.8 Å². The summed E-state index contributed by atoms with van der Waals surface area (Å²) >= 11 is 0. The molecule has 116 valence electrons. The summed E-state index contributed by atoms with van der Waals surface area (Å²) in [6, 6.07) is 4.10. The largest absolute Gasteiger partial charge is 0.312 e. The number of nitro groups is 1. The van der Waals surface area contributed by atoms with E-state index in [-0.39, 0.29) is 16.6 Å². The van der Waals surface area contributed by atoms with E-state index in [2.05, 4.69) is 5.32 Å². The summed E-state index contributed by atoms with van der Waals surface area (Å²) in [5.74, 6) is 0. The molecule has 0 saturated carbocycles. The summed E-state index contributed by atoms with van der Waals surface area (Å²) in [5.41, 5.74) is 0.403. The molecule has 1 fully saturated rings. The molecule has 1 saturated heterocycles. The average Bonchev–Trinajstić information content (AvgIpc) is 2.46. The Balaban J connectivity index is 2.47. The van der Waals surface area contributed by atoms with Crippen LogP contribution >= 0.6 is 0 Å². The van der Waals surface area contributed by atoms with Gasteiger partial charge in [0.15, 0.2) is 0 Å². The van der Waals surface area contributed by atoms with Crippen molar-refractivity contribution in [3.05, 3.63) is 33.9 Å². The van der Waals surface area contributed by atoms with Crippen molar-refractivity contribution in [2.75, 3.05) is 19.6 Å². The molecule has 1 atom stereocenters. The molecule has 0 spiro atoms. The van der Waals surface area contributed by atoms with Crippen molar-refractivity contribution in [2.45, 2.75) is 31.2 Å². The summed E-state index contributed by atoms with van der Waals surface area (Å²) in [5, 5.41) is 14.1. The molecule has 0 amide bonds. The minimum absolute atomic E-state index is 0.0494. The van der Waals surface area contributed by atoms with Gasteiger partial charge >= 0.3 is 0 Å². The van der Waals surface area contributed by atoms with E-state index in [9.17, 15) is 18.5 Å². The fraction of sp³-hybridized carbons (Fsp3) is 0.538. The smallest absolute Gasteiger partial charge is 0.270 e. The number of non-ortho nitro benzene ring substituents is 1. The first-order chi connectivity index (χ1) is 9.86. The molecule has 0 aliphatic carbocycles. The van der Waals surface area contributed by atoms with Crippen LogP contribution in [-0.2, 0) is 16.4 Å². The van der Waals surface area contributed by atoms with E-state index in [1.165, 1.54) is 22.5 Å². The van der Waals surface area contributed by atoms with Gasteiger partial charge in [-0.05, 0) is 18.9 Å². The van der Waals surface area contributed by atoms with Crippen molar-refractivity contribution >= 4 is 15.7 Å². The Morgan fingerprint density at radius 1 is 1.48 bits per heavy atom. The van der Waals surface area contributed by atoms with Crippen LogP contribution in [0, 0.1) is 10.1 Å². The van der Waals surface area contributed by atoms with E-state index in [4.69, 9.17) is 0 Å². The Hall–Kier alpha value is -1.51. The monoisotopic (exact) mass is 313 g/mol. The van der Waals surface area contributed by atoms with Gasteiger partial charge in [0.1, 0.15) is 0 Å². The van der Waals surface area contributed by atoms with E-state index in [1.54, 1.807) is 0 Å². The normalized spacial score (nSPS) is 20.4. The van der Waals surface area contributed by atoms with E-state index in [0.29, 0.717) is 31.6 Å². The Kier molecular flexibility index (Phi) is 4.60. The second-order valence-electron chi connectivity index (χ2n) is 5.12. The second-order valence-corrected chi connectivity index (χ2v) is 7.03. The van der Waals surface area contributed by atoms with Crippen molar-refractivity contribution in [3.63, 3.8) is 0 Å². The molecule has 1 unspecified atom stereocenters. The molecule has 1 aliphatic rings. The molecule has 21 heavy (non-hydrogen) atoms. The molecule has 1 aromatic carbocycles. The maximum Gasteiger partial charge on any atom is 0.270 e. The molecule has 2 rings (SSSR count). The van der Waals surface area contributed by atoms with Gasteiger partial charge in [-0.1, -0.05) is 13.0 Å². The predicted molar refractivity (Wildman–Crippen MR) is 78.7 cm³/mol. The first kappa shape index (κ1) is 15.9. The molecule has 8 heteroatoms. The van der Waals surface area contributed by atoms with Gasteiger partial charge in [-0.25, -0.2) is 8.42 Å². The number of nitro benzene ring substituents is 1. The minimum atomic E-state index is -3.70. The lowest BCUT2D eigenvalue weighted by molar-refractivity contribution is -0.385. The zero-order valence-electron chi connectivity index (χ0n) is 12.1. The summed E-state index contributed by atoms with van der Waals surface area (Å²) in [7, 11) is -3.70. The fourth-order valence-electron chi connectivity index (χ4n) is 2.44. The average molecular weight is 313 g/mol. The Bertz CT molecular complexity index is 645. The molecular formula is C13H19N3O4S. The molecule has 1 aromatic rings. The van der Waals surface area contributed by atoms with E-state index in [1.807, 2.05) is 13.8 Å². The first-order valence-corrected chi connectivity index (χ1v) is 8.31. The van der Waals surface area contributed by atoms with Crippen LogP contribution in [-0.4, -0.2) is 43.3 Å². The van der Waals surface area contributed by atoms with Crippen LogP contribution in [0.4, 0.5) is 5.69 Å². The van der Waals surface area contributed by atoms with Crippen LogP contribution in [0.15, 0.2) is 23.1 Å². The summed E-state index contributed by atoms with van der Waals surface area (Å²) in [4.78, 5) is 10.4. The molecule has 0 radical (unpaired) electrons. The highest BCUT2D eigenvalue weighted by Crippen LogP contribution is 2.26. The lowest BCUT2D eigenvalue weighted by Gasteiger charge is -2.31. The van der Waals surface area contributed by atoms with Crippen molar-refractivity contribution in [1.29, 1.82) is 0 Å². The summed E-state index contributed by atoms with van der Waals surface area (Å²) < 4.78 is 26.9. The number of rotatable bonds is 4. The lowest BCUT2D eigenvalue weighted by Crippen LogP contribution is -2.51. The minimum Gasteiger partial charge on any atom is -0.312 e. The van der Waals surface area contributed by atoms with Crippen LogP contribution in [0.25, 0.3) is 0 Å². The Morgan fingerprint density at radius 2 is 2.19 bits per heavy atom. The van der Waals surface area contributed by atoms with Gasteiger partial charge in [0.05, 0.1) is 9.82 Å². The third kappa shape index (κ3) is 3.22. The van der Waals surface area contributed by atoms with E-state index >= 15 is 0 Å². The van der Waals surface area contributed by atoms with Crippen LogP contribution in [0.2, 0.25) is 0 Å². The molecule has 1 aliphatic heterocycles. The zero-order chi connectivity index (χ0) is 15.6. The first-order valence-electron chi connectivity index (χ1n) is 6.87. The van der Waals surface area contributed by atoms with Crippen molar-refractivity contribution in [1.82, 2.24) is 9.62 Å². The standard InChI is InChI=1S/C13H19N3O4S/c1-3-11-4-5-12(16(17)18)8-13(11)21(19,20)15-7-6-14-10(2)9-15/h4-5,8,10,14H,3,6-7,9H2,1-2H3. The van der Waals surface area contributed by atoms with Gasteiger partial charge in [-0.15, -0.1) is 0 Å². The SMILES string of the molecule is CCc1ccc([N+](=O)[O-])cc1S(=O)(=O)N1CCNC(C)C1. The highest BCUT2D eigenvalue weighted by molar-refractivity contribution is 7.89. The quantitative estimate of drug-likeness (QED) is 0.664. The number of nitrogens with zero attached hydrogens (tertiary/aromatic N) is 2. The number of piperazine rings is 1. The number of benzene rings is 1. The third-order valence-corrected chi connectivity index (χ3v) is 5.54. The second kappa shape index (κ2) is 6.08. The van der Waals surface area contributed by atoms with Crippen molar-refractivity contribution < 1.29 is 13.3 Å². The van der Waals surface area contributed by atoms with Gasteiger partial charge in [-0.2, -0.15) is 4.31 Å². The molecular weight excluding hydrogens is 294 g/mol. The van der Waals surface area contributed by atoms with Gasteiger partial charge in [0.2, 0.25) is 10.0 Å². The number of hydrogen-bond donors (Lipinski definition) is 1. The molecule has 0 bridgehead atoms. The highest BCUT2D eigenvalue weighted by atomic mass is 32.2. The van der Waals surface area contributed by atoms with Crippen molar-refractivity contribution in [3.8, 4) is 0 Å². The van der Waals surface area contributed by atoms with Gasteiger partial charge in [0.25, 0.3) is 5.69 Å². The van der Waals surface area contributed by atoms with E-state index < -0.39 is 14.9 Å². The molecule has 1 N–H and O–H groups in total. The van der Waals surface area contributed by atoms with Crippen LogP contribution in [0.5, 0.6) is 0 Å². The maximum atomic E-state index is 12.8. The topological polar surface area (TPSA) is 92.5 Å². The van der Waals surface area contributed by atoms with Gasteiger partial charge in [-0.3, -0.25) is 10.1 Å². The zero-order valence-corrected chi connectivity index (χ0v) is 12.9. The molecule has 7 nitrogen and oxygen atoms in total. The molecule has 1 heterocycles. The summed E-state index contributed by atoms with van der Waals surface area (Å²) in [6.45, 7) is 5.07. The predicted octanol–water partition coefficient (Wildman–Crippen LogP) is 1.14. The Morgan fingerprint density at radius 3 is 2.76 bits per heavy atom. The van der Waals surface area contributed by atoms with Gasteiger partial charge < -0.3 is 5.32 Å². The number of sulfonamides is 1. The van der Waals surface area contributed by atoms with Crippen LogP contribution < -0.4 is 5.32 Å². The number of hydrogen-bond acceptors (Lipinski definition) is 5. The van der Waals surface area contributed by atoms with Crippen LogP contribution in [0.1, 0.15) is 19.4 Å². The Labute approximate surface area is 124 Å². The fourth-order valence-corrected chi connectivity index (χ4v) is 4.29. The number of aryl methyl sites for hydroxylation is 1.